The van der Waals surface area contributed by atoms with Crippen molar-refractivity contribution in [1.82, 2.24) is 10.6 Å². The summed E-state index contributed by atoms with van der Waals surface area (Å²) in [7, 11) is 0. The number of carbonyl (C=O) groups excluding carboxylic acids is 2. The van der Waals surface area contributed by atoms with Crippen molar-refractivity contribution in [2.45, 2.75) is 44.6 Å². The van der Waals surface area contributed by atoms with Crippen LogP contribution in [0, 0.1) is 11.8 Å². The molecule has 1 saturated carbocycles. The molecule has 0 heterocycles. The van der Waals surface area contributed by atoms with Gasteiger partial charge in [-0.1, -0.05) is 48.5 Å². The number of aliphatic carboxylic acids is 1. The largest absolute Gasteiger partial charge is 0.481 e. The number of hydrogen-bond acceptors (Lipinski definition) is 4. The molecule has 2 amide bonds. The number of ether oxygens (including phenoxy) is 1. The maximum Gasteiger partial charge on any atom is 0.407 e. The zero-order valence-corrected chi connectivity index (χ0v) is 18.8. The van der Waals surface area contributed by atoms with Gasteiger partial charge < -0.3 is 20.5 Å². The first kappa shape index (κ1) is 22.8. The van der Waals surface area contributed by atoms with Gasteiger partial charge in [-0.05, 0) is 54.4 Å². The van der Waals surface area contributed by atoms with E-state index in [1.54, 1.807) is 0 Å². The molecule has 2 aliphatic rings. The average molecular weight is 451 g/mol. The monoisotopic (exact) mass is 450 g/mol. The van der Waals surface area contributed by atoms with E-state index in [2.05, 4.69) is 34.9 Å². The van der Waals surface area contributed by atoms with Crippen molar-refractivity contribution >= 4 is 18.0 Å². The van der Waals surface area contributed by atoms with Gasteiger partial charge in [-0.2, -0.15) is 0 Å². The lowest BCUT2D eigenvalue weighted by Gasteiger charge is -2.15. The molecule has 0 saturated heterocycles. The predicted molar refractivity (Wildman–Crippen MR) is 124 cm³/mol. The summed E-state index contributed by atoms with van der Waals surface area (Å²) < 4.78 is 5.54. The molecule has 3 N–H and O–H groups in total. The summed E-state index contributed by atoms with van der Waals surface area (Å²) in [5.41, 5.74) is 4.71. The number of amides is 2. The van der Waals surface area contributed by atoms with Crippen LogP contribution < -0.4 is 10.6 Å². The van der Waals surface area contributed by atoms with Gasteiger partial charge in [0.05, 0.1) is 0 Å². The fourth-order valence-electron chi connectivity index (χ4n) is 4.64. The van der Waals surface area contributed by atoms with Crippen LogP contribution in [0.25, 0.3) is 11.1 Å². The first-order chi connectivity index (χ1) is 15.9. The van der Waals surface area contributed by atoms with Crippen LogP contribution in [0.1, 0.15) is 49.7 Å². The van der Waals surface area contributed by atoms with Gasteiger partial charge >= 0.3 is 12.1 Å². The third-order valence-corrected chi connectivity index (χ3v) is 6.53. The number of alkyl carbamates (subject to hydrolysis) is 1. The normalized spacial score (nSPS) is 19.2. The van der Waals surface area contributed by atoms with Gasteiger partial charge in [-0.15, -0.1) is 0 Å². The Morgan fingerprint density at radius 3 is 2.33 bits per heavy atom. The zero-order chi connectivity index (χ0) is 23.4. The molecule has 7 heteroatoms. The summed E-state index contributed by atoms with van der Waals surface area (Å²) >= 11 is 0. The minimum atomic E-state index is -0.824. The van der Waals surface area contributed by atoms with E-state index in [9.17, 15) is 14.4 Å². The number of nitrogens with one attached hydrogen (secondary N) is 2. The Morgan fingerprint density at radius 1 is 1.06 bits per heavy atom. The highest BCUT2D eigenvalue weighted by atomic mass is 16.5. The highest BCUT2D eigenvalue weighted by molar-refractivity contribution is 5.82. The third kappa shape index (κ3) is 5.53. The number of carboxylic acids is 1. The summed E-state index contributed by atoms with van der Waals surface area (Å²) in [4.78, 5) is 35.2. The van der Waals surface area contributed by atoms with Gasteiger partial charge in [0.1, 0.15) is 6.61 Å². The van der Waals surface area contributed by atoms with Crippen LogP contribution in [0.2, 0.25) is 0 Å². The topological polar surface area (TPSA) is 105 Å². The Morgan fingerprint density at radius 2 is 1.70 bits per heavy atom. The van der Waals surface area contributed by atoms with E-state index in [4.69, 9.17) is 9.84 Å². The molecule has 2 aromatic carbocycles. The quantitative estimate of drug-likeness (QED) is 0.509. The van der Waals surface area contributed by atoms with Crippen LogP contribution in [0.3, 0.4) is 0 Å². The summed E-state index contributed by atoms with van der Waals surface area (Å²) in [6.45, 7) is 2.55. The number of benzene rings is 2. The van der Waals surface area contributed by atoms with E-state index < -0.39 is 12.1 Å². The van der Waals surface area contributed by atoms with Crippen molar-refractivity contribution in [2.75, 3.05) is 13.2 Å². The fraction of sp³-hybridized carbons (Fsp3) is 0.423. The van der Waals surface area contributed by atoms with Crippen LogP contribution in [-0.4, -0.2) is 42.3 Å². The Kier molecular flexibility index (Phi) is 6.96. The van der Waals surface area contributed by atoms with Crippen LogP contribution in [0.4, 0.5) is 4.79 Å². The molecule has 1 fully saturated rings. The second-order valence-corrected chi connectivity index (χ2v) is 9.00. The zero-order valence-electron chi connectivity index (χ0n) is 18.8. The van der Waals surface area contributed by atoms with E-state index >= 15 is 0 Å². The van der Waals surface area contributed by atoms with E-state index in [-0.39, 0.29) is 42.7 Å². The molecule has 1 unspecified atom stereocenters. The van der Waals surface area contributed by atoms with E-state index in [1.165, 1.54) is 22.3 Å². The summed E-state index contributed by atoms with van der Waals surface area (Å²) in [6.07, 6.45) is 1.54. The standard InChI is InChI=1S/C26H30N2O5/c1-16(7-6-12-24(29)30)28-25(31)22-13-17(22)14-27-26(32)33-15-23-20-10-4-2-8-18(20)19-9-3-5-11-21(19)23/h2-5,8-11,16-17,22-23H,6-7,12-15H2,1H3,(H,27,32)(H,28,31)(H,29,30)/t16?,17-,22-/m0/s1. The van der Waals surface area contributed by atoms with Crippen molar-refractivity contribution in [2.24, 2.45) is 11.8 Å². The molecular weight excluding hydrogens is 420 g/mol. The van der Waals surface area contributed by atoms with Crippen LogP contribution >= 0.6 is 0 Å². The smallest absolute Gasteiger partial charge is 0.407 e. The number of carboxylic acid groups (broad SMARTS) is 1. The molecule has 0 aromatic heterocycles. The number of rotatable bonds is 10. The van der Waals surface area contributed by atoms with Gasteiger partial charge in [0.2, 0.25) is 5.91 Å². The van der Waals surface area contributed by atoms with Crippen LogP contribution in [0.5, 0.6) is 0 Å². The van der Waals surface area contributed by atoms with E-state index in [1.807, 2.05) is 31.2 Å². The Bertz CT molecular complexity index is 991. The first-order valence-electron chi connectivity index (χ1n) is 11.5. The lowest BCUT2D eigenvalue weighted by Crippen LogP contribution is -2.35. The number of carbonyl (C=O) groups is 3. The van der Waals surface area contributed by atoms with Crippen LogP contribution in [-0.2, 0) is 14.3 Å². The Balaban J connectivity index is 1.19. The fourth-order valence-corrected chi connectivity index (χ4v) is 4.64. The first-order valence-corrected chi connectivity index (χ1v) is 11.5. The van der Waals surface area contributed by atoms with Crippen molar-refractivity contribution in [3.05, 3.63) is 59.7 Å². The van der Waals surface area contributed by atoms with Crippen molar-refractivity contribution < 1.29 is 24.2 Å². The van der Waals surface area contributed by atoms with Gasteiger partial charge in [0.25, 0.3) is 0 Å². The number of fused-ring (bicyclic) bond motifs is 3. The van der Waals surface area contributed by atoms with Gasteiger partial charge in [-0.25, -0.2) is 4.79 Å². The van der Waals surface area contributed by atoms with Gasteiger partial charge in [0, 0.05) is 30.8 Å². The molecule has 0 aliphatic heterocycles. The average Bonchev–Trinajstić information content (AvgIpc) is 3.51. The lowest BCUT2D eigenvalue weighted by molar-refractivity contribution is -0.137. The predicted octanol–water partition coefficient (Wildman–Crippen LogP) is 3.92. The molecule has 0 radical (unpaired) electrons. The minimum Gasteiger partial charge on any atom is -0.481 e. The highest BCUT2D eigenvalue weighted by Crippen LogP contribution is 2.44. The third-order valence-electron chi connectivity index (χ3n) is 6.53. The van der Waals surface area contributed by atoms with Crippen LogP contribution in [0.15, 0.2) is 48.5 Å². The minimum absolute atomic E-state index is 0.0187. The molecule has 2 aliphatic carbocycles. The van der Waals surface area contributed by atoms with Crippen molar-refractivity contribution in [1.29, 1.82) is 0 Å². The molecule has 4 rings (SSSR count). The molecule has 3 atom stereocenters. The molecule has 0 spiro atoms. The molecule has 2 aromatic rings. The summed E-state index contributed by atoms with van der Waals surface area (Å²) in [6, 6.07) is 16.3. The van der Waals surface area contributed by atoms with Gasteiger partial charge in [-0.3, -0.25) is 9.59 Å². The molecule has 33 heavy (non-hydrogen) atoms. The molecule has 7 nitrogen and oxygen atoms in total. The summed E-state index contributed by atoms with van der Waals surface area (Å²) in [5, 5.41) is 14.4. The second-order valence-electron chi connectivity index (χ2n) is 9.00. The molecule has 0 bridgehead atoms. The second kappa shape index (κ2) is 10.1. The summed E-state index contributed by atoms with van der Waals surface area (Å²) in [5.74, 6) is -0.838. The van der Waals surface area contributed by atoms with Crippen molar-refractivity contribution in [3.63, 3.8) is 0 Å². The highest BCUT2D eigenvalue weighted by Gasteiger charge is 2.43. The molecular formula is C26H30N2O5. The maximum absolute atomic E-state index is 12.3. The van der Waals surface area contributed by atoms with E-state index in [0.717, 1.165) is 6.42 Å². The van der Waals surface area contributed by atoms with E-state index in [0.29, 0.717) is 19.4 Å². The Hall–Kier alpha value is -3.35. The molecule has 174 valence electrons. The number of hydrogen-bond donors (Lipinski definition) is 3. The van der Waals surface area contributed by atoms with Gasteiger partial charge in [0.15, 0.2) is 0 Å². The Labute approximate surface area is 193 Å². The maximum atomic E-state index is 12.3. The van der Waals surface area contributed by atoms with Crippen molar-refractivity contribution in [3.8, 4) is 11.1 Å². The lowest BCUT2D eigenvalue weighted by atomic mass is 9.98. The SMILES string of the molecule is CC(CCCC(=O)O)NC(=O)[C@H]1C[C@H]1CNC(=O)OCC1c2ccccc2-c2ccccc21.